The Hall–Kier alpha value is -0.790. The molecule has 2 N–H and O–H groups in total. The highest BCUT2D eigenvalue weighted by Crippen LogP contribution is 2.33. The smallest absolute Gasteiger partial charge is 0.391 e. The molecule has 0 aliphatic carbocycles. The second-order valence-corrected chi connectivity index (χ2v) is 4.87. The minimum atomic E-state index is -4.35. The molecule has 0 aliphatic rings. The predicted molar refractivity (Wildman–Crippen MR) is 70.1 cm³/mol. The van der Waals surface area contributed by atoms with Crippen molar-refractivity contribution in [3.63, 3.8) is 0 Å². The van der Waals surface area contributed by atoms with Crippen LogP contribution in [0.4, 0.5) is 18.9 Å². The van der Waals surface area contributed by atoms with E-state index in [9.17, 15) is 18.3 Å². The largest absolute Gasteiger partial charge is 0.416 e. The van der Waals surface area contributed by atoms with Crippen LogP contribution in [-0.4, -0.2) is 31.5 Å². The Kier molecular flexibility index (Phi) is 6.09. The Morgan fingerprint density at radius 1 is 1.42 bits per heavy atom. The van der Waals surface area contributed by atoms with Gasteiger partial charge in [-0.2, -0.15) is 13.2 Å². The Labute approximate surface area is 117 Å². The van der Waals surface area contributed by atoms with Crippen molar-refractivity contribution in [1.82, 2.24) is 0 Å². The first kappa shape index (κ1) is 16.3. The van der Waals surface area contributed by atoms with Gasteiger partial charge in [-0.1, -0.05) is 0 Å². The monoisotopic (exact) mass is 341 g/mol. The third-order valence-corrected chi connectivity index (χ3v) is 3.10. The number of anilines is 1. The van der Waals surface area contributed by atoms with Crippen LogP contribution in [0.3, 0.4) is 0 Å². The molecule has 1 aromatic carbocycles. The number of ether oxygens (including phenoxy) is 1. The van der Waals surface area contributed by atoms with Gasteiger partial charge < -0.3 is 15.2 Å². The van der Waals surface area contributed by atoms with Crippen molar-refractivity contribution >= 4 is 21.6 Å². The minimum absolute atomic E-state index is 0.232. The molecule has 0 amide bonds. The molecule has 0 spiro atoms. The maximum Gasteiger partial charge on any atom is 0.416 e. The van der Waals surface area contributed by atoms with E-state index < -0.39 is 17.8 Å². The van der Waals surface area contributed by atoms with Gasteiger partial charge in [0.2, 0.25) is 0 Å². The van der Waals surface area contributed by atoms with Crippen LogP contribution in [0.5, 0.6) is 0 Å². The van der Waals surface area contributed by atoms with Crippen molar-refractivity contribution in [3.8, 4) is 0 Å². The van der Waals surface area contributed by atoms with Crippen LogP contribution in [0.15, 0.2) is 22.7 Å². The number of nitrogens with one attached hydrogen (secondary N) is 1. The molecule has 0 fully saturated rings. The van der Waals surface area contributed by atoms with Crippen LogP contribution in [0, 0.1) is 0 Å². The molecule has 0 saturated carbocycles. The van der Waals surface area contributed by atoms with Crippen LogP contribution in [0.1, 0.15) is 12.0 Å². The summed E-state index contributed by atoms with van der Waals surface area (Å²) in [5.74, 6) is 0. The highest BCUT2D eigenvalue weighted by molar-refractivity contribution is 9.10. The number of hydrogen-bond acceptors (Lipinski definition) is 3. The minimum Gasteiger partial charge on any atom is -0.391 e. The Balaban J connectivity index is 2.56. The summed E-state index contributed by atoms with van der Waals surface area (Å²) in [5.41, 5.74) is -0.151. The summed E-state index contributed by atoms with van der Waals surface area (Å²) < 4.78 is 42.5. The summed E-state index contributed by atoms with van der Waals surface area (Å²) in [7, 11) is 1.49. The van der Waals surface area contributed by atoms with Gasteiger partial charge in [0.05, 0.1) is 18.3 Å². The fraction of sp³-hybridized carbons (Fsp3) is 0.500. The van der Waals surface area contributed by atoms with Gasteiger partial charge in [-0.3, -0.25) is 0 Å². The molecule has 1 atom stereocenters. The van der Waals surface area contributed by atoms with Crippen LogP contribution < -0.4 is 5.32 Å². The number of aliphatic hydroxyl groups is 1. The van der Waals surface area contributed by atoms with Crippen molar-refractivity contribution in [3.05, 3.63) is 28.2 Å². The summed E-state index contributed by atoms with van der Waals surface area (Å²) in [6, 6.07) is 3.39. The van der Waals surface area contributed by atoms with Gasteiger partial charge in [0.25, 0.3) is 0 Å². The quantitative estimate of drug-likeness (QED) is 0.834. The number of methoxy groups -OCH3 is 1. The van der Waals surface area contributed by atoms with Crippen LogP contribution in [-0.2, 0) is 10.9 Å². The summed E-state index contributed by atoms with van der Waals surface area (Å²) in [6.45, 7) is 0.671. The normalized spacial score (nSPS) is 13.4. The Bertz CT molecular complexity index is 412. The highest BCUT2D eigenvalue weighted by Gasteiger charge is 2.30. The molecule has 1 unspecified atom stereocenters. The zero-order chi connectivity index (χ0) is 14.5. The number of hydrogen-bond donors (Lipinski definition) is 2. The lowest BCUT2D eigenvalue weighted by atomic mass is 10.2. The molecule has 0 aromatic heterocycles. The van der Waals surface area contributed by atoms with Crippen molar-refractivity contribution in [2.45, 2.75) is 18.7 Å². The number of rotatable bonds is 6. The predicted octanol–water partition coefficient (Wildman–Crippen LogP) is 3.28. The molecule has 3 nitrogen and oxygen atoms in total. The molecule has 1 rings (SSSR count). The van der Waals surface area contributed by atoms with E-state index in [0.29, 0.717) is 23.1 Å². The topological polar surface area (TPSA) is 41.5 Å². The van der Waals surface area contributed by atoms with Gasteiger partial charge in [-0.05, 0) is 40.5 Å². The van der Waals surface area contributed by atoms with E-state index in [1.807, 2.05) is 0 Å². The summed E-state index contributed by atoms with van der Waals surface area (Å²) >= 11 is 3.09. The summed E-state index contributed by atoms with van der Waals surface area (Å²) in [6.07, 6.45) is -4.50. The molecule has 0 radical (unpaired) electrons. The molecule has 0 heterocycles. The molecule has 108 valence electrons. The second kappa shape index (κ2) is 7.12. The van der Waals surface area contributed by atoms with E-state index in [4.69, 9.17) is 4.74 Å². The zero-order valence-corrected chi connectivity index (χ0v) is 11.9. The van der Waals surface area contributed by atoms with E-state index in [1.54, 1.807) is 0 Å². The number of benzene rings is 1. The fourth-order valence-electron chi connectivity index (χ4n) is 1.48. The first-order valence-corrected chi connectivity index (χ1v) is 6.41. The molecule has 0 aliphatic heterocycles. The van der Waals surface area contributed by atoms with Gasteiger partial charge >= 0.3 is 6.18 Å². The molecule has 19 heavy (non-hydrogen) atoms. The number of halogens is 4. The molecular weight excluding hydrogens is 327 g/mol. The standard InChI is InChI=1S/C12H15BrF3NO2/c1-19-7-9(18)4-5-17-11-3-2-8(6-10(11)13)12(14,15)16/h2-3,6,9,17-18H,4-5,7H2,1H3. The SMILES string of the molecule is COCC(O)CCNc1ccc(C(F)(F)F)cc1Br. The Morgan fingerprint density at radius 2 is 2.11 bits per heavy atom. The van der Waals surface area contributed by atoms with Gasteiger partial charge in [0.1, 0.15) is 0 Å². The van der Waals surface area contributed by atoms with E-state index in [0.717, 1.165) is 12.1 Å². The molecule has 0 saturated heterocycles. The van der Waals surface area contributed by atoms with Crippen molar-refractivity contribution in [2.75, 3.05) is 25.6 Å². The first-order valence-electron chi connectivity index (χ1n) is 5.62. The molecule has 7 heteroatoms. The van der Waals surface area contributed by atoms with Crippen LogP contribution in [0.25, 0.3) is 0 Å². The van der Waals surface area contributed by atoms with E-state index in [2.05, 4.69) is 21.2 Å². The number of aliphatic hydroxyl groups excluding tert-OH is 1. The average molecular weight is 342 g/mol. The van der Waals surface area contributed by atoms with Crippen LogP contribution in [0.2, 0.25) is 0 Å². The lowest BCUT2D eigenvalue weighted by Gasteiger charge is -2.13. The van der Waals surface area contributed by atoms with Crippen LogP contribution >= 0.6 is 15.9 Å². The van der Waals surface area contributed by atoms with E-state index >= 15 is 0 Å². The lowest BCUT2D eigenvalue weighted by molar-refractivity contribution is -0.137. The zero-order valence-electron chi connectivity index (χ0n) is 10.3. The molecule has 0 bridgehead atoms. The second-order valence-electron chi connectivity index (χ2n) is 4.02. The Morgan fingerprint density at radius 3 is 2.63 bits per heavy atom. The third kappa shape index (κ3) is 5.38. The molecule has 1 aromatic rings. The van der Waals surface area contributed by atoms with Gasteiger partial charge in [0.15, 0.2) is 0 Å². The van der Waals surface area contributed by atoms with Crippen molar-refractivity contribution in [1.29, 1.82) is 0 Å². The van der Waals surface area contributed by atoms with Gasteiger partial charge in [0, 0.05) is 23.8 Å². The summed E-state index contributed by atoms with van der Waals surface area (Å²) in [5, 5.41) is 12.4. The third-order valence-electron chi connectivity index (χ3n) is 2.45. The molecular formula is C12H15BrF3NO2. The van der Waals surface area contributed by atoms with E-state index in [-0.39, 0.29) is 6.61 Å². The van der Waals surface area contributed by atoms with Crippen molar-refractivity contribution < 1.29 is 23.0 Å². The first-order chi connectivity index (χ1) is 8.84. The number of alkyl halides is 3. The lowest BCUT2D eigenvalue weighted by Crippen LogP contribution is -2.18. The maximum absolute atomic E-state index is 12.5. The van der Waals surface area contributed by atoms with Crippen molar-refractivity contribution in [2.24, 2.45) is 0 Å². The van der Waals surface area contributed by atoms with Gasteiger partial charge in [-0.15, -0.1) is 0 Å². The van der Waals surface area contributed by atoms with Gasteiger partial charge in [-0.25, -0.2) is 0 Å². The maximum atomic E-state index is 12.5. The summed E-state index contributed by atoms with van der Waals surface area (Å²) in [4.78, 5) is 0. The fourth-order valence-corrected chi connectivity index (χ4v) is 2.00. The van der Waals surface area contributed by atoms with E-state index in [1.165, 1.54) is 13.2 Å². The highest BCUT2D eigenvalue weighted by atomic mass is 79.9. The average Bonchev–Trinajstić information content (AvgIpc) is 2.30.